The fraction of sp³-hybridized carbons (Fsp3) is 0.364. The number of rotatable bonds is 5. The average Bonchev–Trinajstić information content (AvgIpc) is 3.43. The standard InChI is InChI=1S/C22H24N4O2/c27-20-14-28-21(13-26-12-19(24-25-26)15-6-2-1-3-7-15)22(20)23-18-10-16-8-4-5-9-17(16)11-18/h1-9,12,18,20-23,27H,10-11,13-14H2/t20-,21+,22+/m0/s1. The first-order valence-electron chi connectivity index (χ1n) is 9.84. The Morgan fingerprint density at radius 1 is 1.04 bits per heavy atom. The van der Waals surface area contributed by atoms with E-state index in [4.69, 9.17) is 4.74 Å². The molecule has 0 amide bonds. The van der Waals surface area contributed by atoms with Gasteiger partial charge in [0.05, 0.1) is 37.6 Å². The third-order valence-corrected chi connectivity index (χ3v) is 5.75. The Kier molecular flexibility index (Phi) is 4.68. The van der Waals surface area contributed by atoms with Crippen LogP contribution in [0.3, 0.4) is 0 Å². The molecule has 3 aromatic rings. The van der Waals surface area contributed by atoms with Crippen molar-refractivity contribution in [2.24, 2.45) is 0 Å². The fourth-order valence-corrected chi connectivity index (χ4v) is 4.32. The van der Waals surface area contributed by atoms with Gasteiger partial charge in [-0.3, -0.25) is 0 Å². The number of hydrogen-bond acceptors (Lipinski definition) is 5. The molecule has 0 bridgehead atoms. The van der Waals surface area contributed by atoms with Crippen LogP contribution >= 0.6 is 0 Å². The second-order valence-electron chi connectivity index (χ2n) is 7.70. The van der Waals surface area contributed by atoms with Crippen molar-refractivity contribution in [2.75, 3.05) is 6.61 Å². The summed E-state index contributed by atoms with van der Waals surface area (Å²) in [6, 6.07) is 18.8. The van der Waals surface area contributed by atoms with Crippen molar-refractivity contribution < 1.29 is 9.84 Å². The molecule has 1 aliphatic carbocycles. The van der Waals surface area contributed by atoms with Gasteiger partial charge in [-0.2, -0.15) is 0 Å². The topological polar surface area (TPSA) is 72.2 Å². The minimum absolute atomic E-state index is 0.108. The molecule has 2 heterocycles. The lowest BCUT2D eigenvalue weighted by atomic mass is 10.1. The van der Waals surface area contributed by atoms with E-state index in [0.29, 0.717) is 19.2 Å². The van der Waals surface area contributed by atoms with Crippen LogP contribution in [0.15, 0.2) is 60.8 Å². The highest BCUT2D eigenvalue weighted by molar-refractivity contribution is 5.57. The molecule has 6 heteroatoms. The molecule has 1 aromatic heterocycles. The lowest BCUT2D eigenvalue weighted by Crippen LogP contribution is -2.50. The highest BCUT2D eigenvalue weighted by atomic mass is 16.5. The third kappa shape index (κ3) is 3.46. The van der Waals surface area contributed by atoms with Crippen LogP contribution in [0, 0.1) is 0 Å². The summed E-state index contributed by atoms with van der Waals surface area (Å²) in [5.41, 5.74) is 4.68. The molecule has 1 saturated heterocycles. The maximum absolute atomic E-state index is 10.5. The van der Waals surface area contributed by atoms with E-state index in [0.717, 1.165) is 24.1 Å². The van der Waals surface area contributed by atoms with Crippen molar-refractivity contribution in [3.05, 3.63) is 71.9 Å². The highest BCUT2D eigenvalue weighted by Crippen LogP contribution is 2.25. The van der Waals surface area contributed by atoms with E-state index in [2.05, 4.69) is 39.9 Å². The molecule has 6 nitrogen and oxygen atoms in total. The molecule has 1 aliphatic heterocycles. The Balaban J connectivity index is 1.26. The average molecular weight is 376 g/mol. The molecule has 144 valence electrons. The summed E-state index contributed by atoms with van der Waals surface area (Å²) in [5, 5.41) is 22.6. The number of aliphatic hydroxyl groups is 1. The van der Waals surface area contributed by atoms with E-state index in [-0.39, 0.29) is 12.1 Å². The largest absolute Gasteiger partial charge is 0.389 e. The Hall–Kier alpha value is -2.54. The molecule has 0 spiro atoms. The molecule has 3 atom stereocenters. The van der Waals surface area contributed by atoms with Crippen molar-refractivity contribution >= 4 is 0 Å². The van der Waals surface area contributed by atoms with E-state index in [1.807, 2.05) is 41.2 Å². The van der Waals surface area contributed by atoms with Crippen LogP contribution in [0.2, 0.25) is 0 Å². The van der Waals surface area contributed by atoms with E-state index in [1.165, 1.54) is 11.1 Å². The molecule has 1 fully saturated rings. The van der Waals surface area contributed by atoms with Crippen LogP contribution < -0.4 is 5.32 Å². The zero-order chi connectivity index (χ0) is 18.9. The van der Waals surface area contributed by atoms with Gasteiger partial charge in [-0.1, -0.05) is 59.8 Å². The van der Waals surface area contributed by atoms with Gasteiger partial charge >= 0.3 is 0 Å². The Morgan fingerprint density at radius 3 is 2.50 bits per heavy atom. The number of nitrogens with one attached hydrogen (secondary N) is 1. The predicted molar refractivity (Wildman–Crippen MR) is 106 cm³/mol. The number of fused-ring (bicyclic) bond motifs is 1. The minimum Gasteiger partial charge on any atom is -0.389 e. The molecule has 0 unspecified atom stereocenters. The molecule has 0 radical (unpaired) electrons. The molecule has 5 rings (SSSR count). The zero-order valence-corrected chi connectivity index (χ0v) is 15.6. The number of hydrogen-bond donors (Lipinski definition) is 2. The van der Waals surface area contributed by atoms with Crippen molar-refractivity contribution in [3.63, 3.8) is 0 Å². The van der Waals surface area contributed by atoms with Crippen molar-refractivity contribution in [3.8, 4) is 11.3 Å². The van der Waals surface area contributed by atoms with Crippen LogP contribution in [0.4, 0.5) is 0 Å². The van der Waals surface area contributed by atoms with Crippen molar-refractivity contribution in [1.29, 1.82) is 0 Å². The van der Waals surface area contributed by atoms with Gasteiger partial charge < -0.3 is 15.2 Å². The highest BCUT2D eigenvalue weighted by Gasteiger charge is 2.38. The Bertz CT molecular complexity index is 917. The summed E-state index contributed by atoms with van der Waals surface area (Å²) >= 11 is 0. The fourth-order valence-electron chi connectivity index (χ4n) is 4.32. The summed E-state index contributed by atoms with van der Waals surface area (Å²) < 4.78 is 7.69. The SMILES string of the molecule is O[C@H]1CO[C@H](Cn2cc(-c3ccccc3)nn2)[C@@H]1NC1Cc2ccccc2C1. The maximum atomic E-state index is 10.5. The molecule has 0 saturated carbocycles. The van der Waals surface area contributed by atoms with Crippen LogP contribution in [-0.2, 0) is 24.1 Å². The molecule has 2 aliphatic rings. The predicted octanol–water partition coefficient (Wildman–Crippen LogP) is 1.83. The zero-order valence-electron chi connectivity index (χ0n) is 15.6. The normalized spacial score (nSPS) is 24.5. The maximum Gasteiger partial charge on any atom is 0.113 e. The molecule has 28 heavy (non-hydrogen) atoms. The van der Waals surface area contributed by atoms with Gasteiger partial charge in [0.15, 0.2) is 0 Å². The number of aliphatic hydroxyl groups excluding tert-OH is 1. The van der Waals surface area contributed by atoms with Gasteiger partial charge in [0.2, 0.25) is 0 Å². The molecule has 2 aromatic carbocycles. The van der Waals surface area contributed by atoms with Crippen LogP contribution in [0.5, 0.6) is 0 Å². The molecule has 2 N–H and O–H groups in total. The van der Waals surface area contributed by atoms with Gasteiger partial charge in [0.25, 0.3) is 0 Å². The van der Waals surface area contributed by atoms with Crippen LogP contribution in [-0.4, -0.2) is 51.0 Å². The van der Waals surface area contributed by atoms with Crippen molar-refractivity contribution in [1.82, 2.24) is 20.3 Å². The third-order valence-electron chi connectivity index (χ3n) is 5.75. The van der Waals surface area contributed by atoms with Crippen LogP contribution in [0.25, 0.3) is 11.3 Å². The van der Waals surface area contributed by atoms with Gasteiger partial charge in [0, 0.05) is 11.6 Å². The summed E-state index contributed by atoms with van der Waals surface area (Å²) in [5.74, 6) is 0. The Morgan fingerprint density at radius 2 is 1.75 bits per heavy atom. The Labute approximate surface area is 164 Å². The first-order chi connectivity index (χ1) is 13.8. The first-order valence-corrected chi connectivity index (χ1v) is 9.84. The summed E-state index contributed by atoms with van der Waals surface area (Å²) in [7, 11) is 0. The quantitative estimate of drug-likeness (QED) is 0.711. The summed E-state index contributed by atoms with van der Waals surface area (Å²) in [6.07, 6.45) is 3.28. The summed E-state index contributed by atoms with van der Waals surface area (Å²) in [6.45, 7) is 0.913. The van der Waals surface area contributed by atoms with Gasteiger partial charge in [-0.25, -0.2) is 4.68 Å². The second kappa shape index (κ2) is 7.47. The number of nitrogens with zero attached hydrogens (tertiary/aromatic N) is 3. The number of benzene rings is 2. The van der Waals surface area contributed by atoms with Gasteiger partial charge in [-0.15, -0.1) is 5.10 Å². The van der Waals surface area contributed by atoms with Gasteiger partial charge in [-0.05, 0) is 24.0 Å². The number of aromatic nitrogens is 3. The second-order valence-corrected chi connectivity index (χ2v) is 7.70. The lowest BCUT2D eigenvalue weighted by molar-refractivity contribution is 0.0735. The molecular formula is C22H24N4O2. The summed E-state index contributed by atoms with van der Waals surface area (Å²) in [4.78, 5) is 0. The van der Waals surface area contributed by atoms with Crippen molar-refractivity contribution in [2.45, 2.75) is 43.7 Å². The first kappa shape index (κ1) is 17.6. The lowest BCUT2D eigenvalue weighted by Gasteiger charge is -2.25. The monoisotopic (exact) mass is 376 g/mol. The number of ether oxygens (including phenoxy) is 1. The van der Waals surface area contributed by atoms with E-state index >= 15 is 0 Å². The smallest absolute Gasteiger partial charge is 0.113 e. The van der Waals surface area contributed by atoms with Gasteiger partial charge in [0.1, 0.15) is 5.69 Å². The minimum atomic E-state index is -0.508. The van der Waals surface area contributed by atoms with E-state index < -0.39 is 6.10 Å². The van der Waals surface area contributed by atoms with Crippen LogP contribution in [0.1, 0.15) is 11.1 Å². The van der Waals surface area contributed by atoms with E-state index in [9.17, 15) is 5.11 Å². The molecular weight excluding hydrogens is 352 g/mol. The van der Waals surface area contributed by atoms with E-state index in [1.54, 1.807) is 0 Å².